The van der Waals surface area contributed by atoms with E-state index in [0.717, 1.165) is 17.0 Å². The van der Waals surface area contributed by atoms with Gasteiger partial charge < -0.3 is 26.3 Å². The Balaban J connectivity index is 2.17. The standard InChI is InChI=1S/C24H24FN5O6S/c1-3-36-17(31)12-28-23(33)20(13-7-9-14(25)10-8-13)30(15-5-4-6-16(11-15)35-2)24(34)21-18(26)19(22(27)32)29-37-21/h4-11,20H,3,12,26H2,1-2H3,(H2,27,32)(H,28,33). The second-order valence-electron chi connectivity index (χ2n) is 7.49. The molecule has 0 aliphatic heterocycles. The Labute approximate surface area is 215 Å². The van der Waals surface area contributed by atoms with Gasteiger partial charge in [0.05, 0.1) is 19.4 Å². The highest BCUT2D eigenvalue weighted by molar-refractivity contribution is 7.09. The molecule has 0 radical (unpaired) electrons. The van der Waals surface area contributed by atoms with Crippen molar-refractivity contribution in [2.75, 3.05) is 30.9 Å². The van der Waals surface area contributed by atoms with E-state index < -0.39 is 42.1 Å². The number of amides is 3. The first-order chi connectivity index (χ1) is 17.7. The monoisotopic (exact) mass is 529 g/mol. The maximum absolute atomic E-state index is 13.9. The van der Waals surface area contributed by atoms with Gasteiger partial charge in [0.2, 0.25) is 5.91 Å². The largest absolute Gasteiger partial charge is 0.497 e. The average Bonchev–Trinajstić information content (AvgIpc) is 3.28. The van der Waals surface area contributed by atoms with E-state index in [9.17, 15) is 23.6 Å². The Morgan fingerprint density at radius 3 is 2.46 bits per heavy atom. The molecule has 3 amide bonds. The smallest absolute Gasteiger partial charge is 0.325 e. The topological polar surface area (TPSA) is 167 Å². The van der Waals surface area contributed by atoms with Gasteiger partial charge in [-0.05, 0) is 48.3 Å². The molecule has 1 aromatic heterocycles. The molecule has 3 aromatic rings. The number of anilines is 2. The van der Waals surface area contributed by atoms with E-state index in [1.54, 1.807) is 25.1 Å². The molecule has 0 bridgehead atoms. The van der Waals surface area contributed by atoms with Crippen LogP contribution in [-0.4, -0.2) is 48.3 Å². The highest BCUT2D eigenvalue weighted by Gasteiger charge is 2.36. The number of nitrogens with two attached hydrogens (primary N) is 2. The van der Waals surface area contributed by atoms with Crippen LogP contribution in [0.5, 0.6) is 5.75 Å². The number of aromatic nitrogens is 1. The predicted octanol–water partition coefficient (Wildman–Crippen LogP) is 2.04. The fraction of sp³-hybridized carbons (Fsp3) is 0.208. The summed E-state index contributed by atoms with van der Waals surface area (Å²) in [5.74, 6) is -3.37. The maximum Gasteiger partial charge on any atom is 0.325 e. The fourth-order valence-electron chi connectivity index (χ4n) is 3.41. The molecule has 0 saturated carbocycles. The fourth-order valence-corrected chi connectivity index (χ4v) is 4.16. The summed E-state index contributed by atoms with van der Waals surface area (Å²) in [6.45, 7) is 1.25. The molecule has 11 nitrogen and oxygen atoms in total. The van der Waals surface area contributed by atoms with Crippen LogP contribution < -0.4 is 26.4 Å². The Kier molecular flexibility index (Phi) is 8.74. The van der Waals surface area contributed by atoms with E-state index in [-0.39, 0.29) is 34.1 Å². The molecule has 37 heavy (non-hydrogen) atoms. The van der Waals surface area contributed by atoms with Crippen LogP contribution in [0.1, 0.15) is 38.7 Å². The number of methoxy groups -OCH3 is 1. The van der Waals surface area contributed by atoms with Gasteiger partial charge in [-0.3, -0.25) is 24.1 Å². The van der Waals surface area contributed by atoms with Gasteiger partial charge in [-0.15, -0.1) is 0 Å². The molecule has 1 atom stereocenters. The number of carbonyl (C=O) groups excluding carboxylic acids is 4. The van der Waals surface area contributed by atoms with E-state index in [1.807, 2.05) is 0 Å². The lowest BCUT2D eigenvalue weighted by Gasteiger charge is -2.31. The predicted molar refractivity (Wildman–Crippen MR) is 134 cm³/mol. The van der Waals surface area contributed by atoms with Crippen molar-refractivity contribution in [2.24, 2.45) is 5.73 Å². The molecule has 0 fully saturated rings. The van der Waals surface area contributed by atoms with Gasteiger partial charge in [-0.1, -0.05) is 18.2 Å². The van der Waals surface area contributed by atoms with Crippen molar-refractivity contribution in [3.8, 4) is 5.75 Å². The number of carbonyl (C=O) groups is 4. The van der Waals surface area contributed by atoms with Crippen LogP contribution in [0, 0.1) is 5.82 Å². The van der Waals surface area contributed by atoms with Gasteiger partial charge in [-0.25, -0.2) is 4.39 Å². The van der Waals surface area contributed by atoms with Crippen molar-refractivity contribution in [2.45, 2.75) is 13.0 Å². The van der Waals surface area contributed by atoms with Crippen LogP contribution in [0.15, 0.2) is 48.5 Å². The van der Waals surface area contributed by atoms with Crippen molar-refractivity contribution in [1.82, 2.24) is 9.69 Å². The van der Waals surface area contributed by atoms with E-state index in [1.165, 1.54) is 25.3 Å². The lowest BCUT2D eigenvalue weighted by molar-refractivity contribution is -0.143. The van der Waals surface area contributed by atoms with Gasteiger partial charge >= 0.3 is 5.97 Å². The first kappa shape index (κ1) is 27.1. The summed E-state index contributed by atoms with van der Waals surface area (Å²) < 4.78 is 27.7. The second kappa shape index (κ2) is 11.9. The van der Waals surface area contributed by atoms with Crippen LogP contribution in [0.3, 0.4) is 0 Å². The van der Waals surface area contributed by atoms with Gasteiger partial charge in [0.15, 0.2) is 5.69 Å². The van der Waals surface area contributed by atoms with Crippen molar-refractivity contribution < 1.29 is 33.0 Å². The SMILES string of the molecule is CCOC(=O)CNC(=O)C(c1ccc(F)cc1)N(C(=O)c1snc(C(N)=O)c1N)c1cccc(OC)c1. The number of rotatable bonds is 10. The minimum Gasteiger partial charge on any atom is -0.497 e. The average molecular weight is 530 g/mol. The first-order valence-corrected chi connectivity index (χ1v) is 11.7. The van der Waals surface area contributed by atoms with E-state index in [4.69, 9.17) is 20.9 Å². The number of ether oxygens (including phenoxy) is 2. The van der Waals surface area contributed by atoms with Gasteiger partial charge in [0.25, 0.3) is 11.8 Å². The third-order valence-electron chi connectivity index (χ3n) is 5.11. The summed E-state index contributed by atoms with van der Waals surface area (Å²) in [6.07, 6.45) is 0. The van der Waals surface area contributed by atoms with Crippen molar-refractivity contribution in [1.29, 1.82) is 0 Å². The Morgan fingerprint density at radius 1 is 1.16 bits per heavy atom. The summed E-state index contributed by atoms with van der Waals surface area (Å²) in [5, 5.41) is 2.45. The lowest BCUT2D eigenvalue weighted by atomic mass is 10.0. The molecule has 2 aromatic carbocycles. The van der Waals surface area contributed by atoms with Crippen LogP contribution in [0.4, 0.5) is 15.8 Å². The minimum atomic E-state index is -1.41. The summed E-state index contributed by atoms with van der Waals surface area (Å²) in [4.78, 5) is 51.9. The number of nitrogen functional groups attached to an aromatic ring is 1. The zero-order valence-corrected chi connectivity index (χ0v) is 20.7. The molecule has 0 spiro atoms. The normalized spacial score (nSPS) is 11.3. The van der Waals surface area contributed by atoms with E-state index >= 15 is 0 Å². The van der Waals surface area contributed by atoms with Crippen LogP contribution >= 0.6 is 11.5 Å². The van der Waals surface area contributed by atoms with Gasteiger partial charge in [0, 0.05) is 11.8 Å². The highest BCUT2D eigenvalue weighted by Crippen LogP contribution is 2.34. The number of nitrogens with zero attached hydrogens (tertiary/aromatic N) is 2. The molecule has 13 heteroatoms. The van der Waals surface area contributed by atoms with Crippen LogP contribution in [0.2, 0.25) is 0 Å². The molecule has 0 saturated heterocycles. The number of esters is 1. The number of hydrogen-bond donors (Lipinski definition) is 3. The van der Waals surface area contributed by atoms with Crippen molar-refractivity contribution in [3.63, 3.8) is 0 Å². The van der Waals surface area contributed by atoms with Gasteiger partial charge in [0.1, 0.15) is 29.0 Å². The summed E-state index contributed by atoms with van der Waals surface area (Å²) in [5.41, 5.74) is 11.2. The van der Waals surface area contributed by atoms with Crippen molar-refractivity contribution >= 4 is 46.6 Å². The maximum atomic E-state index is 13.9. The number of benzene rings is 2. The second-order valence-corrected chi connectivity index (χ2v) is 8.27. The highest BCUT2D eigenvalue weighted by atomic mass is 32.1. The number of nitrogens with one attached hydrogen (secondary N) is 1. The summed E-state index contributed by atoms with van der Waals surface area (Å²) in [7, 11) is 1.43. The third kappa shape index (κ3) is 6.19. The quantitative estimate of drug-likeness (QED) is 0.335. The molecule has 194 valence electrons. The Hall–Kier alpha value is -4.52. The molecule has 1 heterocycles. The van der Waals surface area contributed by atoms with Gasteiger partial charge in [-0.2, -0.15) is 4.37 Å². The Bertz CT molecular complexity index is 1310. The minimum absolute atomic E-state index is 0.108. The molecule has 3 rings (SSSR count). The molecular formula is C24H24FN5O6S. The molecule has 0 aliphatic carbocycles. The zero-order valence-electron chi connectivity index (χ0n) is 19.9. The zero-order chi connectivity index (χ0) is 27.1. The van der Waals surface area contributed by atoms with E-state index in [0.29, 0.717) is 17.3 Å². The van der Waals surface area contributed by atoms with E-state index in [2.05, 4.69) is 9.69 Å². The number of hydrogen-bond acceptors (Lipinski definition) is 9. The first-order valence-electron chi connectivity index (χ1n) is 10.9. The third-order valence-corrected chi connectivity index (χ3v) is 5.96. The summed E-state index contributed by atoms with van der Waals surface area (Å²) in [6, 6.07) is 9.77. The van der Waals surface area contributed by atoms with Crippen LogP contribution in [-0.2, 0) is 14.3 Å². The lowest BCUT2D eigenvalue weighted by Crippen LogP contribution is -2.45. The summed E-state index contributed by atoms with van der Waals surface area (Å²) >= 11 is 0.633. The van der Waals surface area contributed by atoms with Crippen molar-refractivity contribution in [3.05, 3.63) is 70.5 Å². The molecule has 1 unspecified atom stereocenters. The Morgan fingerprint density at radius 2 is 1.86 bits per heavy atom. The number of halogens is 1. The molecule has 0 aliphatic rings. The number of primary amides is 1. The molecule has 5 N–H and O–H groups in total. The molecular weight excluding hydrogens is 505 g/mol. The van der Waals surface area contributed by atoms with Crippen LogP contribution in [0.25, 0.3) is 0 Å².